The molecule has 0 bridgehead atoms. The second-order valence-electron chi connectivity index (χ2n) is 4.81. The highest BCUT2D eigenvalue weighted by atomic mass is 32.1. The molecule has 2 aliphatic rings. The van der Waals surface area contributed by atoms with Crippen molar-refractivity contribution in [1.82, 2.24) is 9.21 Å². The van der Waals surface area contributed by atoms with Crippen molar-refractivity contribution in [3.8, 4) is 0 Å². The molecule has 1 spiro atoms. The van der Waals surface area contributed by atoms with Crippen molar-refractivity contribution in [2.24, 2.45) is 5.41 Å². The van der Waals surface area contributed by atoms with Gasteiger partial charge in [-0.25, -0.2) is 0 Å². The molecule has 2 rings (SSSR count). The molecule has 0 amide bonds. The van der Waals surface area contributed by atoms with Crippen LogP contribution >= 0.6 is 12.8 Å². The van der Waals surface area contributed by atoms with E-state index in [1.165, 1.54) is 6.42 Å². The Morgan fingerprint density at radius 2 is 1.87 bits per heavy atom. The number of hydrogen-bond acceptors (Lipinski definition) is 4. The number of rotatable bonds is 2. The smallest absolute Gasteiger partial charge is 0.317 e. The first-order chi connectivity index (χ1) is 7.10. The number of likely N-dealkylation sites (tertiary alicyclic amines) is 1. The molecule has 0 atom stereocenters. The molecular weight excluding hydrogens is 212 g/mol. The topological polar surface area (TPSA) is 43.8 Å². The Kier molecular flexibility index (Phi) is 3.23. The lowest BCUT2D eigenvalue weighted by Gasteiger charge is -2.38. The molecule has 2 fully saturated rings. The number of piperidine rings is 1. The van der Waals surface area contributed by atoms with Crippen molar-refractivity contribution in [3.05, 3.63) is 0 Å². The van der Waals surface area contributed by atoms with Gasteiger partial charge in [0, 0.05) is 13.1 Å². The van der Waals surface area contributed by atoms with Gasteiger partial charge >= 0.3 is 5.97 Å². The van der Waals surface area contributed by atoms with Crippen LogP contribution in [-0.2, 0) is 4.79 Å². The largest absolute Gasteiger partial charge is 0.480 e. The van der Waals surface area contributed by atoms with Crippen LogP contribution in [0.3, 0.4) is 0 Å². The number of carbonyl (C=O) groups is 1. The van der Waals surface area contributed by atoms with Gasteiger partial charge in [-0.3, -0.25) is 14.0 Å². The van der Waals surface area contributed by atoms with Gasteiger partial charge < -0.3 is 5.11 Å². The highest BCUT2D eigenvalue weighted by Crippen LogP contribution is 2.40. The lowest BCUT2D eigenvalue weighted by atomic mass is 9.78. The van der Waals surface area contributed by atoms with Crippen molar-refractivity contribution >= 4 is 18.8 Å². The molecule has 1 N–H and O–H groups in total. The number of carboxylic acids is 1. The molecule has 0 saturated carbocycles. The maximum absolute atomic E-state index is 10.6. The van der Waals surface area contributed by atoms with Crippen LogP contribution in [0.2, 0.25) is 0 Å². The minimum absolute atomic E-state index is 0.195. The highest BCUT2D eigenvalue weighted by Gasteiger charge is 2.39. The number of carboxylic acid groups (broad SMARTS) is 1. The van der Waals surface area contributed by atoms with Crippen molar-refractivity contribution in [2.75, 3.05) is 32.7 Å². The second kappa shape index (κ2) is 4.31. The van der Waals surface area contributed by atoms with Gasteiger partial charge in [0.2, 0.25) is 0 Å². The molecule has 0 unspecified atom stereocenters. The van der Waals surface area contributed by atoms with Crippen LogP contribution in [0.5, 0.6) is 0 Å². The standard InChI is InChI=1S/C10H18N2O2S/c13-9(14)7-11-4-1-10(2-5-11)3-6-12(15)8-10/h15H,1-8H2,(H,13,14). The van der Waals surface area contributed by atoms with Gasteiger partial charge in [-0.15, -0.1) is 0 Å². The maximum Gasteiger partial charge on any atom is 0.317 e. The molecule has 4 nitrogen and oxygen atoms in total. The Labute approximate surface area is 95.8 Å². The molecule has 2 saturated heterocycles. The van der Waals surface area contributed by atoms with E-state index in [9.17, 15) is 4.79 Å². The normalized spacial score (nSPS) is 27.3. The quantitative estimate of drug-likeness (QED) is 0.686. The van der Waals surface area contributed by atoms with E-state index in [2.05, 4.69) is 17.1 Å². The summed E-state index contributed by atoms with van der Waals surface area (Å²) in [7, 11) is 0. The lowest BCUT2D eigenvalue weighted by Crippen LogP contribution is -2.43. The average Bonchev–Trinajstić information content (AvgIpc) is 2.52. The van der Waals surface area contributed by atoms with E-state index < -0.39 is 5.97 Å². The van der Waals surface area contributed by atoms with E-state index >= 15 is 0 Å². The zero-order valence-electron chi connectivity index (χ0n) is 8.85. The first-order valence-electron chi connectivity index (χ1n) is 5.48. The number of aliphatic carboxylic acids is 1. The molecule has 0 aromatic rings. The van der Waals surface area contributed by atoms with E-state index in [-0.39, 0.29) is 6.54 Å². The summed E-state index contributed by atoms with van der Waals surface area (Å²) in [6.07, 6.45) is 3.46. The number of nitrogens with zero attached hydrogens (tertiary/aromatic N) is 2. The zero-order valence-corrected chi connectivity index (χ0v) is 9.75. The fourth-order valence-corrected chi connectivity index (χ4v) is 3.10. The molecule has 0 aliphatic carbocycles. The minimum atomic E-state index is -0.715. The molecule has 5 heteroatoms. The third kappa shape index (κ3) is 2.65. The minimum Gasteiger partial charge on any atom is -0.480 e. The molecular formula is C10H18N2O2S. The summed E-state index contributed by atoms with van der Waals surface area (Å²) in [6, 6.07) is 0. The fourth-order valence-electron chi connectivity index (χ4n) is 2.70. The molecule has 0 aromatic heterocycles. The van der Waals surface area contributed by atoms with Crippen LogP contribution in [0, 0.1) is 5.41 Å². The predicted molar refractivity (Wildman–Crippen MR) is 60.9 cm³/mol. The van der Waals surface area contributed by atoms with E-state index in [1.54, 1.807) is 0 Å². The summed E-state index contributed by atoms with van der Waals surface area (Å²) in [5.74, 6) is -0.715. The predicted octanol–water partition coefficient (Wildman–Crippen LogP) is 0.704. The monoisotopic (exact) mass is 230 g/mol. The molecule has 0 radical (unpaired) electrons. The van der Waals surface area contributed by atoms with Gasteiger partial charge in [0.1, 0.15) is 0 Å². The Hall–Kier alpha value is -0.260. The Morgan fingerprint density at radius 3 is 2.33 bits per heavy atom. The van der Waals surface area contributed by atoms with E-state index in [0.29, 0.717) is 5.41 Å². The first kappa shape index (κ1) is 11.2. The van der Waals surface area contributed by atoms with Crippen molar-refractivity contribution in [2.45, 2.75) is 19.3 Å². The van der Waals surface area contributed by atoms with Gasteiger partial charge in [-0.05, 0) is 37.8 Å². The van der Waals surface area contributed by atoms with Crippen LogP contribution in [0.4, 0.5) is 0 Å². The molecule has 86 valence electrons. The van der Waals surface area contributed by atoms with E-state index in [0.717, 1.165) is 39.0 Å². The molecule has 0 aromatic carbocycles. The summed E-state index contributed by atoms with van der Waals surface area (Å²) in [6.45, 7) is 4.18. The van der Waals surface area contributed by atoms with E-state index in [4.69, 9.17) is 5.11 Å². The average molecular weight is 230 g/mol. The zero-order chi connectivity index (χ0) is 10.9. The lowest BCUT2D eigenvalue weighted by molar-refractivity contribution is -0.138. The summed E-state index contributed by atoms with van der Waals surface area (Å²) < 4.78 is 2.09. The van der Waals surface area contributed by atoms with Crippen molar-refractivity contribution in [1.29, 1.82) is 0 Å². The van der Waals surface area contributed by atoms with Crippen molar-refractivity contribution < 1.29 is 9.90 Å². The Balaban J connectivity index is 1.84. The Morgan fingerprint density at radius 1 is 1.27 bits per heavy atom. The van der Waals surface area contributed by atoms with Crippen LogP contribution < -0.4 is 0 Å². The van der Waals surface area contributed by atoms with Gasteiger partial charge in [0.05, 0.1) is 6.54 Å². The fraction of sp³-hybridized carbons (Fsp3) is 0.900. The second-order valence-corrected chi connectivity index (χ2v) is 5.37. The molecule has 2 heterocycles. The van der Waals surface area contributed by atoms with Gasteiger partial charge in [0.15, 0.2) is 0 Å². The van der Waals surface area contributed by atoms with E-state index in [1.807, 2.05) is 4.90 Å². The van der Waals surface area contributed by atoms with Crippen LogP contribution in [0.15, 0.2) is 0 Å². The van der Waals surface area contributed by atoms with Crippen LogP contribution in [0.25, 0.3) is 0 Å². The number of thiol groups is 1. The summed E-state index contributed by atoms with van der Waals surface area (Å²) in [5.41, 5.74) is 0.427. The summed E-state index contributed by atoms with van der Waals surface area (Å²) >= 11 is 4.38. The number of hydrogen-bond donors (Lipinski definition) is 2. The molecule has 15 heavy (non-hydrogen) atoms. The summed E-state index contributed by atoms with van der Waals surface area (Å²) in [4.78, 5) is 12.6. The van der Waals surface area contributed by atoms with Gasteiger partial charge in [0.25, 0.3) is 0 Å². The van der Waals surface area contributed by atoms with Gasteiger partial charge in [-0.1, -0.05) is 12.8 Å². The van der Waals surface area contributed by atoms with Gasteiger partial charge in [-0.2, -0.15) is 0 Å². The third-order valence-corrected chi connectivity index (χ3v) is 4.04. The summed E-state index contributed by atoms with van der Waals surface area (Å²) in [5, 5.41) is 8.70. The van der Waals surface area contributed by atoms with Crippen LogP contribution in [-0.4, -0.2) is 53.0 Å². The van der Waals surface area contributed by atoms with Crippen molar-refractivity contribution in [3.63, 3.8) is 0 Å². The Bertz CT molecular complexity index is 252. The SMILES string of the molecule is O=C(O)CN1CCC2(CCN(S)C2)CC1. The maximum atomic E-state index is 10.6. The third-order valence-electron chi connectivity index (χ3n) is 3.69. The molecule has 2 aliphatic heterocycles. The first-order valence-corrected chi connectivity index (χ1v) is 5.88. The highest BCUT2D eigenvalue weighted by molar-refractivity contribution is 7.77. The van der Waals surface area contributed by atoms with Crippen LogP contribution in [0.1, 0.15) is 19.3 Å².